The third kappa shape index (κ3) is 2.88. The molecule has 1 atom stereocenters. The van der Waals surface area contributed by atoms with Crippen molar-refractivity contribution in [3.05, 3.63) is 133 Å². The number of para-hydroxylation sites is 2. The molecule has 0 bridgehead atoms. The second kappa shape index (κ2) is 7.99. The smallest absolute Gasteiger partial charge is 0.141 e. The Labute approximate surface area is 241 Å². The first-order chi connectivity index (χ1) is 20.8. The minimum Gasteiger partial charge on any atom is -0.456 e. The molecular formula is C38H23N3O. The van der Waals surface area contributed by atoms with Gasteiger partial charge in [-0.3, -0.25) is 4.57 Å². The summed E-state index contributed by atoms with van der Waals surface area (Å²) in [5.41, 5.74) is 12.3. The number of nitrogens with one attached hydrogen (secondary N) is 1. The van der Waals surface area contributed by atoms with Crippen LogP contribution in [0.2, 0.25) is 0 Å². The number of aliphatic imine (C=N–C) groups is 1. The van der Waals surface area contributed by atoms with Gasteiger partial charge in [0.1, 0.15) is 23.0 Å². The maximum Gasteiger partial charge on any atom is 0.141 e. The molecule has 0 saturated carbocycles. The Balaban J connectivity index is 1.23. The lowest BCUT2D eigenvalue weighted by Gasteiger charge is -2.25. The maximum atomic E-state index is 6.16. The van der Waals surface area contributed by atoms with E-state index in [2.05, 4.69) is 125 Å². The predicted octanol–water partition coefficient (Wildman–Crippen LogP) is 10.1. The van der Waals surface area contributed by atoms with Crippen molar-refractivity contribution in [3.63, 3.8) is 0 Å². The van der Waals surface area contributed by atoms with Crippen LogP contribution in [0.15, 0.2) is 137 Å². The van der Waals surface area contributed by atoms with E-state index >= 15 is 0 Å². The van der Waals surface area contributed by atoms with Crippen molar-refractivity contribution in [1.29, 1.82) is 0 Å². The van der Waals surface area contributed by atoms with Crippen LogP contribution in [-0.2, 0) is 0 Å². The molecule has 42 heavy (non-hydrogen) atoms. The Morgan fingerprint density at radius 1 is 0.595 bits per heavy atom. The number of nitrogens with zero attached hydrogens (tertiary/aromatic N) is 2. The van der Waals surface area contributed by atoms with Crippen LogP contribution in [0.5, 0.6) is 0 Å². The van der Waals surface area contributed by atoms with Gasteiger partial charge in [0.15, 0.2) is 0 Å². The number of fused-ring (bicyclic) bond motifs is 10. The fourth-order valence-electron chi connectivity index (χ4n) is 7.11. The molecule has 10 rings (SSSR count). The van der Waals surface area contributed by atoms with Crippen molar-refractivity contribution in [2.75, 3.05) is 5.32 Å². The molecule has 196 valence electrons. The van der Waals surface area contributed by atoms with Crippen molar-refractivity contribution in [3.8, 4) is 22.3 Å². The zero-order valence-electron chi connectivity index (χ0n) is 22.5. The summed E-state index contributed by atoms with van der Waals surface area (Å²) in [6, 6.07) is 45.1. The molecule has 1 unspecified atom stereocenters. The van der Waals surface area contributed by atoms with Crippen molar-refractivity contribution in [1.82, 2.24) is 4.57 Å². The van der Waals surface area contributed by atoms with E-state index < -0.39 is 0 Å². The summed E-state index contributed by atoms with van der Waals surface area (Å²) in [5, 5.41) is 8.71. The molecule has 0 saturated heterocycles. The van der Waals surface area contributed by atoms with Gasteiger partial charge in [0, 0.05) is 27.1 Å². The first-order valence-corrected chi connectivity index (χ1v) is 14.3. The lowest BCUT2D eigenvalue weighted by atomic mass is 9.91. The van der Waals surface area contributed by atoms with E-state index in [1.54, 1.807) is 0 Å². The second-order valence-corrected chi connectivity index (χ2v) is 11.2. The highest BCUT2D eigenvalue weighted by Gasteiger charge is 2.38. The van der Waals surface area contributed by atoms with Gasteiger partial charge in [0.2, 0.25) is 0 Å². The molecule has 4 heteroatoms. The first kappa shape index (κ1) is 22.1. The highest BCUT2D eigenvalue weighted by Crippen LogP contribution is 2.49. The molecule has 2 aliphatic heterocycles. The Bertz CT molecular complexity index is 2440. The van der Waals surface area contributed by atoms with Crippen molar-refractivity contribution in [2.24, 2.45) is 4.99 Å². The SMILES string of the molecule is c1ccc(-c2ccc3c(c2)NC2C(=N3)n3c4ccccc4c4ccc(-c5ccc6oc7ccccc7c6c5)c2c43)cc1. The largest absolute Gasteiger partial charge is 0.456 e. The van der Waals surface area contributed by atoms with Crippen molar-refractivity contribution < 1.29 is 4.42 Å². The summed E-state index contributed by atoms with van der Waals surface area (Å²) in [6.45, 7) is 0. The number of aromatic nitrogens is 1. The number of anilines is 1. The standard InChI is InChI=1S/C38H23N3O/c1-2-8-22(9-3-1)23-14-18-30-31(21-23)39-36-35-25(24-15-19-34-29(20-24)27-11-5-7-13-33(27)42-34)16-17-28-26-10-4-6-12-32(26)41(37(28)35)38(36)40-30/h1-21,36,39H. The Hall–Kier alpha value is -5.61. The quantitative estimate of drug-likeness (QED) is 0.238. The van der Waals surface area contributed by atoms with Crippen molar-refractivity contribution >= 4 is 61.0 Å². The van der Waals surface area contributed by atoms with E-state index in [4.69, 9.17) is 9.41 Å². The molecule has 1 N–H and O–H groups in total. The molecule has 0 spiro atoms. The third-order valence-corrected chi connectivity index (χ3v) is 8.98. The topological polar surface area (TPSA) is 42.5 Å². The number of hydrogen-bond donors (Lipinski definition) is 1. The van der Waals surface area contributed by atoms with E-state index in [-0.39, 0.29) is 6.04 Å². The average molecular weight is 538 g/mol. The van der Waals surface area contributed by atoms with Crippen LogP contribution in [0.25, 0.3) is 66.0 Å². The molecular weight excluding hydrogens is 514 g/mol. The zero-order chi connectivity index (χ0) is 27.4. The van der Waals surface area contributed by atoms with Gasteiger partial charge in [-0.2, -0.15) is 0 Å². The van der Waals surface area contributed by atoms with Crippen molar-refractivity contribution in [2.45, 2.75) is 6.04 Å². The first-order valence-electron chi connectivity index (χ1n) is 14.3. The lowest BCUT2D eigenvalue weighted by molar-refractivity contribution is 0.669. The van der Waals surface area contributed by atoms with Gasteiger partial charge < -0.3 is 9.73 Å². The summed E-state index contributed by atoms with van der Waals surface area (Å²) in [4.78, 5) is 5.32. The van der Waals surface area contributed by atoms with E-state index in [0.717, 1.165) is 39.1 Å². The predicted molar refractivity (Wildman–Crippen MR) is 173 cm³/mol. The summed E-state index contributed by atoms with van der Waals surface area (Å²) in [6.07, 6.45) is 0. The number of furan rings is 1. The minimum atomic E-state index is -0.0707. The van der Waals surface area contributed by atoms with Crippen LogP contribution < -0.4 is 5.32 Å². The van der Waals surface area contributed by atoms with Crippen LogP contribution in [0, 0.1) is 0 Å². The number of benzene rings is 6. The molecule has 4 nitrogen and oxygen atoms in total. The molecule has 6 aromatic carbocycles. The zero-order valence-corrected chi connectivity index (χ0v) is 22.5. The molecule has 8 aromatic rings. The van der Waals surface area contributed by atoms with Gasteiger partial charge >= 0.3 is 0 Å². The fourth-order valence-corrected chi connectivity index (χ4v) is 7.11. The van der Waals surface area contributed by atoms with Crippen LogP contribution in [-0.4, -0.2) is 10.4 Å². The summed E-state index contributed by atoms with van der Waals surface area (Å²) < 4.78 is 8.53. The van der Waals surface area contributed by atoms with E-state index in [9.17, 15) is 0 Å². The molecule has 0 fully saturated rings. The van der Waals surface area contributed by atoms with Gasteiger partial charge in [-0.1, -0.05) is 91.0 Å². The molecule has 0 aliphatic carbocycles. The Kier molecular flexibility index (Phi) is 4.21. The fraction of sp³-hybridized carbons (Fsp3) is 0.0263. The second-order valence-electron chi connectivity index (χ2n) is 11.2. The van der Waals surface area contributed by atoms with E-state index in [1.165, 1.54) is 49.6 Å². The van der Waals surface area contributed by atoms with Gasteiger partial charge in [-0.15, -0.1) is 0 Å². The normalized spacial score (nSPS) is 15.2. The summed E-state index contributed by atoms with van der Waals surface area (Å²) in [5.74, 6) is 1.03. The molecule has 0 radical (unpaired) electrons. The van der Waals surface area contributed by atoms with E-state index in [1.807, 2.05) is 12.1 Å². The number of rotatable bonds is 2. The molecule has 0 amide bonds. The Morgan fingerprint density at radius 2 is 1.38 bits per heavy atom. The highest BCUT2D eigenvalue weighted by molar-refractivity contribution is 6.23. The van der Waals surface area contributed by atoms with Crippen LogP contribution in [0.1, 0.15) is 11.6 Å². The van der Waals surface area contributed by atoms with Gasteiger partial charge in [-0.25, -0.2) is 4.99 Å². The molecule has 2 aromatic heterocycles. The Morgan fingerprint density at radius 3 is 2.31 bits per heavy atom. The van der Waals surface area contributed by atoms with E-state index in [0.29, 0.717) is 0 Å². The van der Waals surface area contributed by atoms with Crippen LogP contribution in [0.3, 0.4) is 0 Å². The monoisotopic (exact) mass is 537 g/mol. The van der Waals surface area contributed by atoms with Gasteiger partial charge in [0.25, 0.3) is 0 Å². The summed E-state index contributed by atoms with van der Waals surface area (Å²) in [7, 11) is 0. The molecule has 4 heterocycles. The summed E-state index contributed by atoms with van der Waals surface area (Å²) >= 11 is 0. The molecule has 2 aliphatic rings. The number of hydrogen-bond acceptors (Lipinski definition) is 3. The maximum absolute atomic E-state index is 6.16. The van der Waals surface area contributed by atoms with Crippen LogP contribution in [0.4, 0.5) is 11.4 Å². The minimum absolute atomic E-state index is 0.0707. The lowest BCUT2D eigenvalue weighted by Crippen LogP contribution is -2.24. The van der Waals surface area contributed by atoms with Gasteiger partial charge in [0.05, 0.1) is 22.4 Å². The third-order valence-electron chi connectivity index (χ3n) is 8.98. The average Bonchev–Trinajstić information content (AvgIpc) is 3.70. The highest BCUT2D eigenvalue weighted by atomic mass is 16.3. The van der Waals surface area contributed by atoms with Gasteiger partial charge in [-0.05, 0) is 58.7 Å². The van der Waals surface area contributed by atoms with Crippen LogP contribution >= 0.6 is 0 Å².